The van der Waals surface area contributed by atoms with Crippen molar-refractivity contribution in [1.29, 1.82) is 0 Å². The first kappa shape index (κ1) is 35.6. The summed E-state index contributed by atoms with van der Waals surface area (Å²) >= 11 is 0. The van der Waals surface area contributed by atoms with Crippen molar-refractivity contribution in [2.75, 3.05) is 0 Å². The standard InChI is InChI=1S/C39H27N2O.C11H8N.Ir/c1-25-22-30(28-14-7-4-8-15-28)23-26(2)37(25)41-35-19-10-9-18-34(35)40-39(41)33-17-11-16-32-31-21-20-29(24-36(31)42-38(32)33)27-12-5-3-6-13-27;1-2-6-10(7-3-1)11-8-4-5-9-12-11;/h3-16,18-24H,1-2H3;1-6,8-9H;/q2*-1;. The van der Waals surface area contributed by atoms with Crippen LogP contribution in [0, 0.1) is 26.0 Å². The molecule has 1 radical (unpaired) electrons. The fraction of sp³-hybridized carbons (Fsp3) is 0.0400. The van der Waals surface area contributed by atoms with Crippen molar-refractivity contribution in [2.45, 2.75) is 13.8 Å². The molecular weight excluding hydrogens is 851 g/mol. The van der Waals surface area contributed by atoms with Crippen LogP contribution in [0.15, 0.2) is 180 Å². The summed E-state index contributed by atoms with van der Waals surface area (Å²) in [6, 6.07) is 64.7. The molecule has 0 aliphatic rings. The number of imidazole rings is 1. The average Bonchev–Trinajstić information content (AvgIpc) is 3.80. The SMILES string of the molecule is Cc1cc(-c2ccccc2)cc(C)c1-n1c(-c2[c-]ccc3c2oc2cc(-c4ccccc4)ccc23)nc2ccccc21.[Ir].[c-]1ccccc1-c1ccccn1. The van der Waals surface area contributed by atoms with Gasteiger partial charge < -0.3 is 14.0 Å². The molecule has 7 aromatic carbocycles. The fourth-order valence-electron chi connectivity index (χ4n) is 7.32. The van der Waals surface area contributed by atoms with Gasteiger partial charge >= 0.3 is 0 Å². The number of furan rings is 1. The first-order valence-corrected chi connectivity index (χ1v) is 18.1. The van der Waals surface area contributed by atoms with E-state index in [4.69, 9.17) is 9.40 Å². The molecule has 5 heteroatoms. The van der Waals surface area contributed by atoms with Gasteiger partial charge in [-0.15, -0.1) is 54.1 Å². The van der Waals surface area contributed by atoms with E-state index in [-0.39, 0.29) is 20.1 Å². The number of benzene rings is 7. The summed E-state index contributed by atoms with van der Waals surface area (Å²) in [6.45, 7) is 4.37. The van der Waals surface area contributed by atoms with Gasteiger partial charge in [-0.05, 0) is 89.3 Å². The van der Waals surface area contributed by atoms with Gasteiger partial charge in [-0.2, -0.15) is 0 Å². The Bertz CT molecular complexity index is 2820. The maximum absolute atomic E-state index is 6.64. The van der Waals surface area contributed by atoms with Crippen molar-refractivity contribution >= 4 is 33.0 Å². The molecular formula is C50H35IrN3O-2. The van der Waals surface area contributed by atoms with Crippen LogP contribution in [-0.4, -0.2) is 14.5 Å². The van der Waals surface area contributed by atoms with Crippen LogP contribution in [0.4, 0.5) is 0 Å². The van der Waals surface area contributed by atoms with Gasteiger partial charge in [0.05, 0.1) is 22.4 Å². The zero-order chi connectivity index (χ0) is 36.4. The number of nitrogens with zero attached hydrogens (tertiary/aromatic N) is 3. The van der Waals surface area contributed by atoms with E-state index in [0.717, 1.165) is 66.9 Å². The van der Waals surface area contributed by atoms with Gasteiger partial charge in [0.2, 0.25) is 0 Å². The molecule has 10 rings (SSSR count). The topological polar surface area (TPSA) is 43.9 Å². The molecule has 55 heavy (non-hydrogen) atoms. The maximum Gasteiger partial charge on any atom is 0.121 e. The Labute approximate surface area is 334 Å². The minimum absolute atomic E-state index is 0. The Morgan fingerprint density at radius 3 is 1.96 bits per heavy atom. The van der Waals surface area contributed by atoms with Crippen LogP contribution in [0.25, 0.3) is 83.6 Å². The van der Waals surface area contributed by atoms with E-state index in [1.54, 1.807) is 6.20 Å². The maximum atomic E-state index is 6.64. The van der Waals surface area contributed by atoms with Crippen LogP contribution < -0.4 is 0 Å². The van der Waals surface area contributed by atoms with E-state index in [2.05, 4.69) is 145 Å². The smallest absolute Gasteiger partial charge is 0.121 e. The molecule has 0 aliphatic carbocycles. The second kappa shape index (κ2) is 15.5. The van der Waals surface area contributed by atoms with Crippen LogP contribution in [0.2, 0.25) is 0 Å². The first-order chi connectivity index (χ1) is 26.6. The van der Waals surface area contributed by atoms with Crippen molar-refractivity contribution < 1.29 is 24.5 Å². The van der Waals surface area contributed by atoms with Gasteiger partial charge in [-0.1, -0.05) is 108 Å². The van der Waals surface area contributed by atoms with E-state index >= 15 is 0 Å². The predicted octanol–water partition coefficient (Wildman–Crippen LogP) is 12.9. The number of pyridine rings is 1. The van der Waals surface area contributed by atoms with Gasteiger partial charge in [0, 0.05) is 37.4 Å². The molecule has 0 saturated heterocycles. The monoisotopic (exact) mass is 886 g/mol. The van der Waals surface area contributed by atoms with E-state index in [1.165, 1.54) is 27.8 Å². The Hall–Kier alpha value is -6.39. The largest absolute Gasteiger partial charge is 0.501 e. The van der Waals surface area contributed by atoms with Crippen molar-refractivity contribution in [3.8, 4) is 50.6 Å². The van der Waals surface area contributed by atoms with Crippen LogP contribution in [0.3, 0.4) is 0 Å². The third-order valence-electron chi connectivity index (χ3n) is 9.80. The number of aryl methyl sites for hydroxylation is 2. The van der Waals surface area contributed by atoms with Crippen LogP contribution in [0.1, 0.15) is 11.1 Å². The summed E-state index contributed by atoms with van der Waals surface area (Å²) < 4.78 is 8.92. The summed E-state index contributed by atoms with van der Waals surface area (Å²) in [5.74, 6) is 0.822. The molecule has 0 fully saturated rings. The van der Waals surface area contributed by atoms with Gasteiger partial charge in [-0.3, -0.25) is 4.98 Å². The van der Waals surface area contributed by atoms with E-state index < -0.39 is 0 Å². The first-order valence-electron chi connectivity index (χ1n) is 18.1. The second-order valence-corrected chi connectivity index (χ2v) is 13.3. The minimum atomic E-state index is 0. The molecule has 0 atom stereocenters. The molecule has 0 amide bonds. The van der Waals surface area contributed by atoms with E-state index in [1.807, 2.05) is 60.7 Å². The molecule has 0 N–H and O–H groups in total. The van der Waals surface area contributed by atoms with Gasteiger partial charge in [-0.25, -0.2) is 0 Å². The molecule has 10 aromatic rings. The number of hydrogen-bond acceptors (Lipinski definition) is 3. The Kier molecular flexibility index (Phi) is 10.1. The molecule has 0 aliphatic heterocycles. The number of fused-ring (bicyclic) bond motifs is 4. The van der Waals surface area contributed by atoms with Crippen LogP contribution >= 0.6 is 0 Å². The van der Waals surface area contributed by atoms with Crippen molar-refractivity contribution in [2.24, 2.45) is 0 Å². The van der Waals surface area contributed by atoms with E-state index in [9.17, 15) is 0 Å². The Morgan fingerprint density at radius 2 is 1.25 bits per heavy atom. The molecule has 3 aromatic heterocycles. The van der Waals surface area contributed by atoms with Crippen molar-refractivity contribution in [3.63, 3.8) is 0 Å². The minimum Gasteiger partial charge on any atom is -0.501 e. The average molecular weight is 886 g/mol. The predicted molar refractivity (Wildman–Crippen MR) is 221 cm³/mol. The molecule has 3 heterocycles. The molecule has 0 unspecified atom stereocenters. The summed E-state index contributed by atoms with van der Waals surface area (Å²) in [7, 11) is 0. The summed E-state index contributed by atoms with van der Waals surface area (Å²) in [5, 5.41) is 2.15. The molecule has 0 bridgehead atoms. The quantitative estimate of drug-likeness (QED) is 0.162. The normalized spacial score (nSPS) is 10.9. The third kappa shape index (κ3) is 6.92. The summed E-state index contributed by atoms with van der Waals surface area (Å²) in [6.07, 6.45) is 1.79. The van der Waals surface area contributed by atoms with Crippen LogP contribution in [-0.2, 0) is 20.1 Å². The third-order valence-corrected chi connectivity index (χ3v) is 9.80. The van der Waals surface area contributed by atoms with Crippen LogP contribution in [0.5, 0.6) is 0 Å². The Morgan fingerprint density at radius 1 is 0.564 bits per heavy atom. The number of hydrogen-bond donors (Lipinski definition) is 0. The zero-order valence-electron chi connectivity index (χ0n) is 30.3. The van der Waals surface area contributed by atoms with Gasteiger partial charge in [0.15, 0.2) is 0 Å². The number of rotatable bonds is 5. The van der Waals surface area contributed by atoms with Crippen molar-refractivity contribution in [1.82, 2.24) is 14.5 Å². The molecule has 0 spiro atoms. The number of para-hydroxylation sites is 2. The molecule has 4 nitrogen and oxygen atoms in total. The number of aromatic nitrogens is 3. The second-order valence-electron chi connectivity index (χ2n) is 13.3. The summed E-state index contributed by atoms with van der Waals surface area (Å²) in [5.41, 5.74) is 14.7. The van der Waals surface area contributed by atoms with Gasteiger partial charge in [0.25, 0.3) is 0 Å². The fourth-order valence-corrected chi connectivity index (χ4v) is 7.32. The van der Waals surface area contributed by atoms with Gasteiger partial charge in [0.1, 0.15) is 5.58 Å². The Balaban J connectivity index is 0.000000280. The summed E-state index contributed by atoms with van der Waals surface area (Å²) in [4.78, 5) is 9.40. The van der Waals surface area contributed by atoms with E-state index in [0.29, 0.717) is 0 Å². The molecule has 267 valence electrons. The zero-order valence-corrected chi connectivity index (χ0v) is 32.7. The van der Waals surface area contributed by atoms with Crippen molar-refractivity contribution in [3.05, 3.63) is 199 Å². The molecule has 0 saturated carbocycles.